The summed E-state index contributed by atoms with van der Waals surface area (Å²) >= 11 is 0. The molecule has 1 aliphatic rings. The van der Waals surface area contributed by atoms with Crippen LogP contribution in [0.5, 0.6) is 11.5 Å². The molecule has 2 rings (SSSR count). The van der Waals surface area contributed by atoms with E-state index < -0.39 is 0 Å². The molecule has 0 amide bonds. The van der Waals surface area contributed by atoms with Crippen LogP contribution in [-0.4, -0.2) is 19.4 Å². The maximum absolute atomic E-state index is 7.71. The quantitative estimate of drug-likeness (QED) is 0.754. The summed E-state index contributed by atoms with van der Waals surface area (Å²) in [6, 6.07) is 5.54. The number of benzene rings is 1. The first-order valence-electron chi connectivity index (χ1n) is 5.70. The molecule has 1 heterocycles. The van der Waals surface area contributed by atoms with Gasteiger partial charge in [0.05, 0.1) is 13.7 Å². The molecule has 1 aromatic carbocycles. The summed E-state index contributed by atoms with van der Waals surface area (Å²) in [5, 5.41) is 7.71. The Bertz CT molecular complexity index is 361. The number of rotatable bonds is 1. The highest BCUT2D eigenvalue weighted by atomic mass is 16.5. The molecule has 0 bridgehead atoms. The van der Waals surface area contributed by atoms with Crippen LogP contribution < -0.4 is 9.47 Å². The van der Waals surface area contributed by atoms with Gasteiger partial charge < -0.3 is 14.9 Å². The molecule has 0 radical (unpaired) electrons. The molecule has 0 aromatic heterocycles. The SMILES string of the molecule is C=C.CC.COc1ccc2c(c1)C(=N)CCO2. The van der Waals surface area contributed by atoms with Gasteiger partial charge in [0.15, 0.2) is 0 Å². The van der Waals surface area contributed by atoms with E-state index in [0.29, 0.717) is 18.7 Å². The Balaban J connectivity index is 0.000000581. The second kappa shape index (κ2) is 8.39. The van der Waals surface area contributed by atoms with Gasteiger partial charge in [0, 0.05) is 17.7 Å². The van der Waals surface area contributed by atoms with E-state index in [9.17, 15) is 0 Å². The number of ether oxygens (including phenoxy) is 2. The zero-order chi connectivity index (χ0) is 13.3. The fourth-order valence-electron chi connectivity index (χ4n) is 1.40. The van der Waals surface area contributed by atoms with Crippen molar-refractivity contribution >= 4 is 5.71 Å². The normalized spacial score (nSPS) is 11.8. The van der Waals surface area contributed by atoms with Crippen LogP contribution in [0.25, 0.3) is 0 Å². The monoisotopic (exact) mass is 235 g/mol. The van der Waals surface area contributed by atoms with Crippen LogP contribution in [0.15, 0.2) is 31.4 Å². The first-order chi connectivity index (χ1) is 8.31. The third-order valence-electron chi connectivity index (χ3n) is 2.12. The van der Waals surface area contributed by atoms with Gasteiger partial charge in [0.1, 0.15) is 11.5 Å². The molecule has 3 heteroatoms. The Hall–Kier alpha value is -1.77. The van der Waals surface area contributed by atoms with Crippen molar-refractivity contribution in [3.05, 3.63) is 36.9 Å². The van der Waals surface area contributed by atoms with Gasteiger partial charge in [-0.1, -0.05) is 13.8 Å². The van der Waals surface area contributed by atoms with Crippen LogP contribution >= 0.6 is 0 Å². The molecule has 1 N–H and O–H groups in total. The lowest BCUT2D eigenvalue weighted by Crippen LogP contribution is -2.15. The zero-order valence-corrected chi connectivity index (χ0v) is 10.9. The first kappa shape index (κ1) is 15.2. The van der Waals surface area contributed by atoms with Gasteiger partial charge in [-0.15, -0.1) is 13.2 Å². The minimum atomic E-state index is 0.609. The van der Waals surface area contributed by atoms with Gasteiger partial charge in [-0.25, -0.2) is 0 Å². The maximum atomic E-state index is 7.71. The van der Waals surface area contributed by atoms with E-state index in [-0.39, 0.29) is 0 Å². The lowest BCUT2D eigenvalue weighted by Gasteiger charge is -2.18. The highest BCUT2D eigenvalue weighted by molar-refractivity contribution is 6.01. The molecular formula is C14H21NO2. The van der Waals surface area contributed by atoms with Crippen LogP contribution in [0.2, 0.25) is 0 Å². The lowest BCUT2D eigenvalue weighted by atomic mass is 10.0. The number of hydrogen-bond donors (Lipinski definition) is 1. The summed E-state index contributed by atoms with van der Waals surface area (Å²) in [5.41, 5.74) is 1.48. The highest BCUT2D eigenvalue weighted by Crippen LogP contribution is 2.28. The maximum Gasteiger partial charge on any atom is 0.128 e. The predicted octanol–water partition coefficient (Wildman–Crippen LogP) is 3.67. The number of fused-ring (bicyclic) bond motifs is 1. The fraction of sp³-hybridized carbons (Fsp3) is 0.357. The molecular weight excluding hydrogens is 214 g/mol. The molecule has 0 aliphatic carbocycles. The standard InChI is InChI=1S/C10H11NO2.C2H6.C2H4/c1-12-7-2-3-10-8(6-7)9(11)4-5-13-10;2*1-2/h2-3,6,11H,4-5H2,1H3;1-2H3;1-2H2. The summed E-state index contributed by atoms with van der Waals surface area (Å²) in [5.74, 6) is 1.56. The van der Waals surface area contributed by atoms with Crippen molar-refractivity contribution < 1.29 is 9.47 Å². The molecule has 0 fully saturated rings. The van der Waals surface area contributed by atoms with Gasteiger partial charge in [-0.3, -0.25) is 0 Å². The highest BCUT2D eigenvalue weighted by Gasteiger charge is 2.15. The number of methoxy groups -OCH3 is 1. The topological polar surface area (TPSA) is 42.3 Å². The third-order valence-corrected chi connectivity index (χ3v) is 2.12. The van der Waals surface area contributed by atoms with Crippen molar-refractivity contribution in [2.75, 3.05) is 13.7 Å². The van der Waals surface area contributed by atoms with Crippen LogP contribution in [-0.2, 0) is 0 Å². The van der Waals surface area contributed by atoms with Crippen LogP contribution in [0.3, 0.4) is 0 Å². The van der Waals surface area contributed by atoms with Crippen molar-refractivity contribution in [1.82, 2.24) is 0 Å². The summed E-state index contributed by atoms with van der Waals surface area (Å²) in [4.78, 5) is 0. The average Bonchev–Trinajstić information content (AvgIpc) is 2.43. The van der Waals surface area contributed by atoms with Crippen molar-refractivity contribution in [3.8, 4) is 11.5 Å². The molecule has 17 heavy (non-hydrogen) atoms. The van der Waals surface area contributed by atoms with Crippen LogP contribution in [0.4, 0.5) is 0 Å². The molecule has 0 saturated carbocycles. The van der Waals surface area contributed by atoms with E-state index >= 15 is 0 Å². The van der Waals surface area contributed by atoms with E-state index in [4.69, 9.17) is 14.9 Å². The molecule has 0 unspecified atom stereocenters. The Kier molecular flexibility index (Phi) is 7.52. The predicted molar refractivity (Wildman–Crippen MR) is 72.5 cm³/mol. The van der Waals surface area contributed by atoms with E-state index in [2.05, 4.69) is 13.2 Å². The summed E-state index contributed by atoms with van der Waals surface area (Å²) in [7, 11) is 1.62. The largest absolute Gasteiger partial charge is 0.497 e. The molecule has 94 valence electrons. The summed E-state index contributed by atoms with van der Waals surface area (Å²) < 4.78 is 10.5. The summed E-state index contributed by atoms with van der Waals surface area (Å²) in [6.45, 7) is 10.6. The van der Waals surface area contributed by atoms with Crippen molar-refractivity contribution in [2.45, 2.75) is 20.3 Å². The Labute approximate surface area is 104 Å². The van der Waals surface area contributed by atoms with E-state index in [1.807, 2.05) is 32.0 Å². The van der Waals surface area contributed by atoms with Crippen LogP contribution in [0, 0.1) is 5.41 Å². The van der Waals surface area contributed by atoms with Crippen molar-refractivity contribution in [3.63, 3.8) is 0 Å². The second-order valence-electron chi connectivity index (χ2n) is 2.94. The van der Waals surface area contributed by atoms with Gasteiger partial charge in [-0.05, 0) is 18.2 Å². The fourth-order valence-corrected chi connectivity index (χ4v) is 1.40. The number of hydrogen-bond acceptors (Lipinski definition) is 3. The second-order valence-corrected chi connectivity index (χ2v) is 2.94. The smallest absolute Gasteiger partial charge is 0.128 e. The van der Waals surface area contributed by atoms with Gasteiger partial charge in [0.25, 0.3) is 0 Å². The molecule has 1 aliphatic heterocycles. The minimum Gasteiger partial charge on any atom is -0.497 e. The zero-order valence-electron chi connectivity index (χ0n) is 10.9. The Morgan fingerprint density at radius 2 is 1.94 bits per heavy atom. The van der Waals surface area contributed by atoms with Crippen LogP contribution in [0.1, 0.15) is 25.8 Å². The van der Waals surface area contributed by atoms with E-state index in [0.717, 1.165) is 17.1 Å². The Morgan fingerprint density at radius 3 is 2.53 bits per heavy atom. The molecule has 0 atom stereocenters. The van der Waals surface area contributed by atoms with Gasteiger partial charge in [0.2, 0.25) is 0 Å². The van der Waals surface area contributed by atoms with E-state index in [1.54, 1.807) is 7.11 Å². The molecule has 1 aromatic rings. The third kappa shape index (κ3) is 3.94. The average molecular weight is 235 g/mol. The minimum absolute atomic E-state index is 0.609. The number of nitrogens with one attached hydrogen (secondary N) is 1. The van der Waals surface area contributed by atoms with Crippen molar-refractivity contribution in [1.29, 1.82) is 5.41 Å². The molecule has 0 spiro atoms. The van der Waals surface area contributed by atoms with E-state index in [1.165, 1.54) is 0 Å². The Morgan fingerprint density at radius 1 is 1.29 bits per heavy atom. The van der Waals surface area contributed by atoms with Gasteiger partial charge in [-0.2, -0.15) is 0 Å². The van der Waals surface area contributed by atoms with Gasteiger partial charge >= 0.3 is 0 Å². The van der Waals surface area contributed by atoms with Crippen molar-refractivity contribution in [2.24, 2.45) is 0 Å². The molecule has 3 nitrogen and oxygen atoms in total. The lowest BCUT2D eigenvalue weighted by molar-refractivity contribution is 0.319. The first-order valence-corrected chi connectivity index (χ1v) is 5.70. The summed E-state index contributed by atoms with van der Waals surface area (Å²) in [6.07, 6.45) is 0.681. The molecule has 0 saturated heterocycles.